The van der Waals surface area contributed by atoms with Gasteiger partial charge in [0.25, 0.3) is 0 Å². The Morgan fingerprint density at radius 3 is 2.63 bits per heavy atom. The summed E-state index contributed by atoms with van der Waals surface area (Å²) in [4.78, 5) is 11.5. The smallest absolute Gasteiger partial charge is 0.407 e. The highest BCUT2D eigenvalue weighted by Crippen LogP contribution is 2.19. The number of ether oxygens (including phenoxy) is 2. The third-order valence-electron chi connectivity index (χ3n) is 2.41. The zero-order valence-electron chi connectivity index (χ0n) is 11.9. The molecule has 0 bridgehead atoms. The van der Waals surface area contributed by atoms with Gasteiger partial charge in [0.1, 0.15) is 11.4 Å². The molecule has 0 heterocycles. The SMILES string of the molecule is COc1ccc(N)c(CCNC(=O)OC(C)(C)C)c1. The van der Waals surface area contributed by atoms with Crippen LogP contribution in [0.2, 0.25) is 0 Å². The Hall–Kier alpha value is -1.91. The fourth-order valence-corrected chi connectivity index (χ4v) is 1.54. The van der Waals surface area contributed by atoms with Crippen molar-refractivity contribution >= 4 is 11.8 Å². The highest BCUT2D eigenvalue weighted by atomic mass is 16.6. The number of carbonyl (C=O) groups excluding carboxylic acids is 1. The summed E-state index contributed by atoms with van der Waals surface area (Å²) in [5.41, 5.74) is 7.00. The van der Waals surface area contributed by atoms with E-state index in [9.17, 15) is 4.79 Å². The zero-order chi connectivity index (χ0) is 14.5. The van der Waals surface area contributed by atoms with Gasteiger partial charge in [0.15, 0.2) is 0 Å². The predicted molar refractivity (Wildman–Crippen MR) is 75.3 cm³/mol. The summed E-state index contributed by atoms with van der Waals surface area (Å²) in [7, 11) is 1.61. The van der Waals surface area contributed by atoms with E-state index in [1.54, 1.807) is 19.2 Å². The predicted octanol–water partition coefficient (Wildman–Crippen LogP) is 2.34. The number of hydrogen-bond acceptors (Lipinski definition) is 4. The van der Waals surface area contributed by atoms with E-state index in [1.165, 1.54) is 0 Å². The third-order valence-corrected chi connectivity index (χ3v) is 2.41. The van der Waals surface area contributed by atoms with Crippen LogP contribution in [-0.2, 0) is 11.2 Å². The molecule has 1 amide bonds. The summed E-state index contributed by atoms with van der Waals surface area (Å²) in [6, 6.07) is 5.47. The number of nitrogen functional groups attached to an aromatic ring is 1. The summed E-state index contributed by atoms with van der Waals surface area (Å²) in [6.45, 7) is 5.94. The van der Waals surface area contributed by atoms with Crippen molar-refractivity contribution < 1.29 is 14.3 Å². The van der Waals surface area contributed by atoms with Crippen molar-refractivity contribution in [2.45, 2.75) is 32.8 Å². The molecule has 1 aromatic carbocycles. The molecule has 106 valence electrons. The highest BCUT2D eigenvalue weighted by molar-refractivity contribution is 5.67. The van der Waals surface area contributed by atoms with Crippen LogP contribution in [0.4, 0.5) is 10.5 Å². The van der Waals surface area contributed by atoms with Gasteiger partial charge in [-0.15, -0.1) is 0 Å². The summed E-state index contributed by atoms with van der Waals surface area (Å²) >= 11 is 0. The monoisotopic (exact) mass is 266 g/mol. The molecular weight excluding hydrogens is 244 g/mol. The Labute approximate surface area is 114 Å². The molecule has 0 fully saturated rings. The summed E-state index contributed by atoms with van der Waals surface area (Å²) in [5.74, 6) is 0.751. The Morgan fingerprint density at radius 1 is 1.37 bits per heavy atom. The number of alkyl carbamates (subject to hydrolysis) is 1. The molecule has 19 heavy (non-hydrogen) atoms. The van der Waals surface area contributed by atoms with Gasteiger partial charge in [-0.2, -0.15) is 0 Å². The molecule has 1 aromatic rings. The Kier molecular flexibility index (Phi) is 5.03. The number of nitrogens with two attached hydrogens (primary N) is 1. The number of amides is 1. The molecule has 0 aromatic heterocycles. The lowest BCUT2D eigenvalue weighted by Crippen LogP contribution is -2.33. The molecule has 0 radical (unpaired) electrons. The maximum absolute atomic E-state index is 11.5. The lowest BCUT2D eigenvalue weighted by molar-refractivity contribution is 0.0528. The molecule has 3 N–H and O–H groups in total. The largest absolute Gasteiger partial charge is 0.497 e. The van der Waals surface area contributed by atoms with Gasteiger partial charge in [0.05, 0.1) is 7.11 Å². The summed E-state index contributed by atoms with van der Waals surface area (Å²) in [5, 5.41) is 2.69. The lowest BCUT2D eigenvalue weighted by Gasteiger charge is -2.19. The Balaban J connectivity index is 2.47. The van der Waals surface area contributed by atoms with Gasteiger partial charge < -0.3 is 20.5 Å². The number of anilines is 1. The minimum absolute atomic E-state index is 0.422. The fourth-order valence-electron chi connectivity index (χ4n) is 1.54. The molecule has 0 unspecified atom stereocenters. The zero-order valence-corrected chi connectivity index (χ0v) is 11.9. The van der Waals surface area contributed by atoms with Crippen LogP contribution < -0.4 is 15.8 Å². The summed E-state index contributed by atoms with van der Waals surface area (Å²) in [6.07, 6.45) is 0.205. The van der Waals surface area contributed by atoms with E-state index in [0.717, 1.165) is 11.3 Å². The van der Waals surface area contributed by atoms with Crippen LogP contribution in [0.25, 0.3) is 0 Å². The first-order valence-electron chi connectivity index (χ1n) is 6.21. The van der Waals surface area contributed by atoms with Gasteiger partial charge in [-0.3, -0.25) is 0 Å². The number of benzene rings is 1. The average molecular weight is 266 g/mol. The van der Waals surface area contributed by atoms with Crippen LogP contribution in [0.3, 0.4) is 0 Å². The van der Waals surface area contributed by atoms with Crippen LogP contribution in [0, 0.1) is 0 Å². The number of carbonyl (C=O) groups is 1. The molecular formula is C14H22N2O3. The molecule has 0 saturated carbocycles. The second-order valence-electron chi connectivity index (χ2n) is 5.24. The van der Waals surface area contributed by atoms with Crippen molar-refractivity contribution in [2.75, 3.05) is 19.4 Å². The Bertz CT molecular complexity index is 439. The van der Waals surface area contributed by atoms with E-state index in [1.807, 2.05) is 26.8 Å². The van der Waals surface area contributed by atoms with Crippen molar-refractivity contribution in [2.24, 2.45) is 0 Å². The number of rotatable bonds is 4. The highest BCUT2D eigenvalue weighted by Gasteiger charge is 2.15. The van der Waals surface area contributed by atoms with E-state index < -0.39 is 11.7 Å². The minimum Gasteiger partial charge on any atom is -0.497 e. The standard InChI is InChI=1S/C14H22N2O3/c1-14(2,3)19-13(17)16-8-7-10-9-11(18-4)5-6-12(10)15/h5-6,9H,7-8,15H2,1-4H3,(H,16,17). The van der Waals surface area contributed by atoms with Crippen LogP contribution >= 0.6 is 0 Å². The van der Waals surface area contributed by atoms with E-state index in [-0.39, 0.29) is 0 Å². The van der Waals surface area contributed by atoms with Gasteiger partial charge >= 0.3 is 6.09 Å². The average Bonchev–Trinajstić information content (AvgIpc) is 2.29. The van der Waals surface area contributed by atoms with E-state index in [0.29, 0.717) is 18.7 Å². The number of nitrogens with one attached hydrogen (secondary N) is 1. The Morgan fingerprint density at radius 2 is 2.05 bits per heavy atom. The van der Waals surface area contributed by atoms with Gasteiger partial charge in [0.2, 0.25) is 0 Å². The molecule has 0 atom stereocenters. The van der Waals surface area contributed by atoms with Gasteiger partial charge in [-0.05, 0) is 51.0 Å². The van der Waals surface area contributed by atoms with Crippen LogP contribution in [0.1, 0.15) is 26.3 Å². The van der Waals surface area contributed by atoms with Crippen LogP contribution in [0.15, 0.2) is 18.2 Å². The second kappa shape index (κ2) is 6.31. The number of methoxy groups -OCH3 is 1. The molecule has 0 aliphatic rings. The third kappa shape index (κ3) is 5.50. The van der Waals surface area contributed by atoms with Crippen molar-refractivity contribution in [1.29, 1.82) is 0 Å². The maximum Gasteiger partial charge on any atom is 0.407 e. The molecule has 1 rings (SSSR count). The molecule has 0 aliphatic heterocycles. The minimum atomic E-state index is -0.487. The normalized spacial score (nSPS) is 10.9. The van der Waals surface area contributed by atoms with Gasteiger partial charge in [0, 0.05) is 12.2 Å². The fraction of sp³-hybridized carbons (Fsp3) is 0.500. The van der Waals surface area contributed by atoms with Crippen molar-refractivity contribution in [3.05, 3.63) is 23.8 Å². The topological polar surface area (TPSA) is 73.6 Å². The van der Waals surface area contributed by atoms with Crippen molar-refractivity contribution in [3.63, 3.8) is 0 Å². The van der Waals surface area contributed by atoms with E-state index in [2.05, 4.69) is 5.32 Å². The summed E-state index contributed by atoms with van der Waals surface area (Å²) < 4.78 is 10.3. The van der Waals surface area contributed by atoms with Gasteiger partial charge in [-0.1, -0.05) is 0 Å². The van der Waals surface area contributed by atoms with Gasteiger partial charge in [-0.25, -0.2) is 4.79 Å². The molecule has 0 aliphatic carbocycles. The van der Waals surface area contributed by atoms with E-state index >= 15 is 0 Å². The molecule has 0 spiro atoms. The van der Waals surface area contributed by atoms with Crippen LogP contribution in [0.5, 0.6) is 5.75 Å². The molecule has 5 heteroatoms. The van der Waals surface area contributed by atoms with Crippen LogP contribution in [-0.4, -0.2) is 25.3 Å². The first-order chi connectivity index (χ1) is 8.81. The quantitative estimate of drug-likeness (QED) is 0.820. The van der Waals surface area contributed by atoms with E-state index in [4.69, 9.17) is 15.2 Å². The first kappa shape index (κ1) is 15.1. The number of hydrogen-bond donors (Lipinski definition) is 2. The second-order valence-corrected chi connectivity index (χ2v) is 5.24. The first-order valence-corrected chi connectivity index (χ1v) is 6.21. The molecule has 5 nitrogen and oxygen atoms in total. The maximum atomic E-state index is 11.5. The molecule has 0 saturated heterocycles. The van der Waals surface area contributed by atoms with Crippen molar-refractivity contribution in [3.8, 4) is 5.75 Å². The van der Waals surface area contributed by atoms with Crippen molar-refractivity contribution in [1.82, 2.24) is 5.32 Å². The lowest BCUT2D eigenvalue weighted by atomic mass is 10.1.